The van der Waals surface area contributed by atoms with Crippen molar-refractivity contribution in [1.82, 2.24) is 4.72 Å². The summed E-state index contributed by atoms with van der Waals surface area (Å²) in [5.74, 6) is 0. The van der Waals surface area contributed by atoms with E-state index in [9.17, 15) is 13.0 Å². The minimum atomic E-state index is -4.27. The molecular weight excluding hydrogens is 193 g/mol. The molecule has 0 saturated carbocycles. The Hall–Kier alpha value is 0.830. The first kappa shape index (κ1) is 15.3. The molecule has 0 heterocycles. The summed E-state index contributed by atoms with van der Waals surface area (Å²) in [6.07, 6.45) is 1.95. The summed E-state index contributed by atoms with van der Waals surface area (Å²) in [7, 11) is -4.27. The SMILES string of the molecule is O=S(=O)([O-])NCCCCCO.[Na+]. The molecule has 0 atom stereocenters. The Morgan fingerprint density at radius 3 is 2.25 bits per heavy atom. The fourth-order valence-corrected chi connectivity index (χ4v) is 1.01. The number of hydrogen-bond acceptors (Lipinski definition) is 4. The Kier molecular flexibility index (Phi) is 10.8. The van der Waals surface area contributed by atoms with E-state index in [2.05, 4.69) is 0 Å². The minimum Gasteiger partial charge on any atom is -0.735 e. The Morgan fingerprint density at radius 2 is 1.83 bits per heavy atom. The second-order valence-electron chi connectivity index (χ2n) is 2.13. The van der Waals surface area contributed by atoms with Gasteiger partial charge in [-0.3, -0.25) is 0 Å². The van der Waals surface area contributed by atoms with Gasteiger partial charge in [-0.15, -0.1) is 0 Å². The maximum Gasteiger partial charge on any atom is 1.00 e. The number of aliphatic hydroxyl groups excluding tert-OH is 1. The molecule has 68 valence electrons. The van der Waals surface area contributed by atoms with Gasteiger partial charge in [0.2, 0.25) is 0 Å². The van der Waals surface area contributed by atoms with Crippen molar-refractivity contribution in [2.75, 3.05) is 13.2 Å². The van der Waals surface area contributed by atoms with Crippen LogP contribution >= 0.6 is 0 Å². The molecule has 0 radical (unpaired) electrons. The van der Waals surface area contributed by atoms with Crippen LogP contribution in [0, 0.1) is 0 Å². The first-order chi connectivity index (χ1) is 5.06. The average molecular weight is 205 g/mol. The van der Waals surface area contributed by atoms with Gasteiger partial charge >= 0.3 is 29.6 Å². The first-order valence-corrected chi connectivity index (χ1v) is 4.78. The van der Waals surface area contributed by atoms with Crippen molar-refractivity contribution in [1.29, 1.82) is 0 Å². The third kappa shape index (κ3) is 13.4. The molecule has 5 nitrogen and oxygen atoms in total. The molecule has 0 unspecified atom stereocenters. The number of aliphatic hydroxyl groups is 1. The summed E-state index contributed by atoms with van der Waals surface area (Å²) < 4.78 is 31.7. The predicted octanol–water partition coefficient (Wildman–Crippen LogP) is -3.80. The number of rotatable bonds is 6. The van der Waals surface area contributed by atoms with Crippen LogP contribution in [0.5, 0.6) is 0 Å². The van der Waals surface area contributed by atoms with E-state index in [0.29, 0.717) is 12.8 Å². The summed E-state index contributed by atoms with van der Waals surface area (Å²) in [5.41, 5.74) is 0. The van der Waals surface area contributed by atoms with Crippen molar-refractivity contribution in [2.45, 2.75) is 19.3 Å². The molecule has 0 saturated heterocycles. The van der Waals surface area contributed by atoms with E-state index < -0.39 is 10.3 Å². The third-order valence-corrected chi connectivity index (χ3v) is 1.67. The summed E-state index contributed by atoms with van der Waals surface area (Å²) in [6.45, 7) is 0.260. The van der Waals surface area contributed by atoms with Crippen LogP contribution in [0.1, 0.15) is 19.3 Å². The molecule has 0 aromatic carbocycles. The zero-order valence-electron chi connectivity index (χ0n) is 7.12. The van der Waals surface area contributed by atoms with Gasteiger partial charge in [-0.2, -0.15) is 0 Å². The molecule has 0 amide bonds. The van der Waals surface area contributed by atoms with Crippen molar-refractivity contribution in [3.8, 4) is 0 Å². The summed E-state index contributed by atoms with van der Waals surface area (Å²) in [4.78, 5) is 0. The van der Waals surface area contributed by atoms with E-state index >= 15 is 0 Å². The van der Waals surface area contributed by atoms with Gasteiger partial charge in [-0.1, -0.05) is 0 Å². The second kappa shape index (κ2) is 8.43. The third-order valence-electron chi connectivity index (χ3n) is 1.11. The van der Waals surface area contributed by atoms with E-state index in [1.807, 2.05) is 4.72 Å². The number of nitrogens with one attached hydrogen (secondary N) is 1. The van der Waals surface area contributed by atoms with Gasteiger partial charge in [0.05, 0.1) is 0 Å². The normalized spacial score (nSPS) is 10.8. The Labute approximate surface area is 94.7 Å². The van der Waals surface area contributed by atoms with Crippen LogP contribution in [0.4, 0.5) is 0 Å². The monoisotopic (exact) mass is 205 g/mol. The zero-order chi connectivity index (χ0) is 8.74. The van der Waals surface area contributed by atoms with Gasteiger partial charge < -0.3 is 9.66 Å². The quantitative estimate of drug-likeness (QED) is 0.264. The molecule has 0 rings (SSSR count). The van der Waals surface area contributed by atoms with Crippen molar-refractivity contribution >= 4 is 10.3 Å². The molecule has 0 aromatic heterocycles. The molecule has 0 aliphatic rings. The van der Waals surface area contributed by atoms with Crippen LogP contribution in [0.3, 0.4) is 0 Å². The average Bonchev–Trinajstić information content (AvgIpc) is 1.85. The van der Waals surface area contributed by atoms with Crippen molar-refractivity contribution < 1.29 is 47.6 Å². The fraction of sp³-hybridized carbons (Fsp3) is 1.00. The Morgan fingerprint density at radius 1 is 1.25 bits per heavy atom. The van der Waals surface area contributed by atoms with Crippen LogP contribution in [-0.2, 0) is 10.3 Å². The molecular formula is C5H12NNaO4S. The fourth-order valence-electron chi connectivity index (χ4n) is 0.611. The van der Waals surface area contributed by atoms with Crippen LogP contribution in [0.15, 0.2) is 0 Å². The van der Waals surface area contributed by atoms with Crippen LogP contribution < -0.4 is 34.3 Å². The molecule has 0 aliphatic carbocycles. The van der Waals surface area contributed by atoms with Gasteiger partial charge in [-0.05, 0) is 19.3 Å². The molecule has 0 aliphatic heterocycles. The van der Waals surface area contributed by atoms with Crippen molar-refractivity contribution in [3.05, 3.63) is 0 Å². The maximum absolute atomic E-state index is 9.95. The standard InChI is InChI=1S/C5H13NO4S.Na/c7-5-3-1-2-4-6-11(8,9)10;/h6-7H,1-5H2,(H,8,9,10);/q;+1/p-1. The van der Waals surface area contributed by atoms with Crippen molar-refractivity contribution in [2.24, 2.45) is 0 Å². The molecule has 7 heteroatoms. The van der Waals surface area contributed by atoms with Crippen LogP contribution in [-0.4, -0.2) is 31.2 Å². The van der Waals surface area contributed by atoms with Gasteiger partial charge in [-0.25, -0.2) is 13.1 Å². The minimum absolute atomic E-state index is 0. The summed E-state index contributed by atoms with van der Waals surface area (Å²) in [6, 6.07) is 0. The van der Waals surface area contributed by atoms with E-state index in [-0.39, 0.29) is 42.7 Å². The zero-order valence-corrected chi connectivity index (χ0v) is 9.93. The smallest absolute Gasteiger partial charge is 0.735 e. The van der Waals surface area contributed by atoms with Gasteiger partial charge in [0, 0.05) is 13.2 Å². The molecule has 0 fully saturated rings. The van der Waals surface area contributed by atoms with Crippen molar-refractivity contribution in [3.63, 3.8) is 0 Å². The van der Waals surface area contributed by atoms with E-state index in [0.717, 1.165) is 6.42 Å². The second-order valence-corrected chi connectivity index (χ2v) is 3.33. The molecule has 0 aromatic rings. The molecule has 0 bridgehead atoms. The number of unbranched alkanes of at least 4 members (excludes halogenated alkanes) is 2. The van der Waals surface area contributed by atoms with Crippen LogP contribution in [0.2, 0.25) is 0 Å². The molecule has 12 heavy (non-hydrogen) atoms. The Bertz CT molecular complexity index is 182. The van der Waals surface area contributed by atoms with E-state index in [1.165, 1.54) is 0 Å². The molecule has 0 spiro atoms. The first-order valence-electron chi connectivity index (χ1n) is 3.37. The van der Waals surface area contributed by atoms with E-state index in [4.69, 9.17) is 5.11 Å². The maximum atomic E-state index is 9.95. The topological polar surface area (TPSA) is 89.5 Å². The summed E-state index contributed by atoms with van der Waals surface area (Å²) >= 11 is 0. The largest absolute Gasteiger partial charge is 1.00 e. The van der Waals surface area contributed by atoms with Gasteiger partial charge in [0.15, 0.2) is 10.3 Å². The van der Waals surface area contributed by atoms with Gasteiger partial charge in [0.1, 0.15) is 0 Å². The molecule has 2 N–H and O–H groups in total. The van der Waals surface area contributed by atoms with Crippen LogP contribution in [0.25, 0.3) is 0 Å². The van der Waals surface area contributed by atoms with E-state index in [1.54, 1.807) is 0 Å². The predicted molar refractivity (Wildman–Crippen MR) is 38.6 cm³/mol. The number of hydrogen-bond donors (Lipinski definition) is 2. The summed E-state index contributed by atoms with van der Waals surface area (Å²) in [5, 5.41) is 8.33. The Balaban J connectivity index is 0. The van der Waals surface area contributed by atoms with Gasteiger partial charge in [0.25, 0.3) is 0 Å².